The predicted molar refractivity (Wildman–Crippen MR) is 105 cm³/mol. The molecule has 0 aliphatic heterocycles. The molecule has 0 N–H and O–H groups in total. The summed E-state index contributed by atoms with van der Waals surface area (Å²) < 4.78 is 6.56. The zero-order chi connectivity index (χ0) is 16.9. The van der Waals surface area contributed by atoms with Gasteiger partial charge in [-0.25, -0.2) is 0 Å². The van der Waals surface area contributed by atoms with Crippen LogP contribution in [-0.2, 0) is 16.6 Å². The Morgan fingerprint density at radius 3 is 1.83 bits per heavy atom. The van der Waals surface area contributed by atoms with E-state index in [-0.39, 0.29) is 0 Å². The van der Waals surface area contributed by atoms with E-state index < -0.39 is 17.4 Å². The molecule has 0 spiro atoms. The summed E-state index contributed by atoms with van der Waals surface area (Å²) in [5.41, 5.74) is 5.50. The van der Waals surface area contributed by atoms with Gasteiger partial charge >= 0.3 is 0 Å². The van der Waals surface area contributed by atoms with Crippen LogP contribution in [0.4, 0.5) is 0 Å². The van der Waals surface area contributed by atoms with Gasteiger partial charge in [-0.1, -0.05) is 59.7 Å². The molecule has 0 aliphatic carbocycles. The van der Waals surface area contributed by atoms with E-state index >= 15 is 0 Å². The minimum Gasteiger partial charge on any atom is -0.455 e. The van der Waals surface area contributed by atoms with Gasteiger partial charge in [-0.05, 0) is 63.1 Å². The van der Waals surface area contributed by atoms with Gasteiger partial charge in [0.25, 0.3) is 0 Å². The summed E-state index contributed by atoms with van der Waals surface area (Å²) in [5, 5.41) is 0. The molecular formula is C20H29OSi2. The number of rotatable bonds is 7. The fraction of sp³-hybridized carbons (Fsp3) is 0.400. The first-order valence-electron chi connectivity index (χ1n) is 8.47. The topological polar surface area (TPSA) is 9.23 Å². The van der Waals surface area contributed by atoms with E-state index in [2.05, 4.69) is 82.0 Å². The largest absolute Gasteiger partial charge is 0.455 e. The normalized spacial score (nSPS) is 11.9. The summed E-state index contributed by atoms with van der Waals surface area (Å²) in [6.45, 7) is 11.3. The second kappa shape index (κ2) is 8.09. The van der Waals surface area contributed by atoms with Gasteiger partial charge in [0, 0.05) is 0 Å². The fourth-order valence-corrected chi connectivity index (χ4v) is 8.92. The van der Waals surface area contributed by atoms with Crippen LogP contribution in [0.2, 0.25) is 25.7 Å². The number of aryl methyl sites for hydroxylation is 3. The van der Waals surface area contributed by atoms with Crippen molar-refractivity contribution in [3.63, 3.8) is 0 Å². The van der Waals surface area contributed by atoms with Gasteiger partial charge in [0.1, 0.15) is 0 Å². The van der Waals surface area contributed by atoms with E-state index in [1.165, 1.54) is 28.3 Å². The van der Waals surface area contributed by atoms with Crippen molar-refractivity contribution in [2.24, 2.45) is 0 Å². The molecule has 2 rings (SSSR count). The molecule has 2 aromatic carbocycles. The van der Waals surface area contributed by atoms with E-state index in [0.29, 0.717) is 0 Å². The van der Waals surface area contributed by atoms with Crippen molar-refractivity contribution in [3.05, 3.63) is 70.8 Å². The van der Waals surface area contributed by atoms with E-state index in [1.807, 2.05) is 0 Å². The van der Waals surface area contributed by atoms with Crippen LogP contribution in [0.1, 0.15) is 22.3 Å². The third kappa shape index (κ3) is 6.46. The van der Waals surface area contributed by atoms with Crippen LogP contribution >= 0.6 is 0 Å². The van der Waals surface area contributed by atoms with E-state index in [9.17, 15) is 0 Å². The van der Waals surface area contributed by atoms with E-state index in [4.69, 9.17) is 4.12 Å². The predicted octanol–water partition coefficient (Wildman–Crippen LogP) is 5.47. The molecule has 0 aromatic heterocycles. The maximum absolute atomic E-state index is 6.56. The molecule has 3 heteroatoms. The van der Waals surface area contributed by atoms with E-state index in [0.717, 1.165) is 12.5 Å². The van der Waals surface area contributed by atoms with Gasteiger partial charge in [-0.3, -0.25) is 0 Å². The first-order chi connectivity index (χ1) is 10.8. The van der Waals surface area contributed by atoms with Crippen LogP contribution in [0, 0.1) is 13.8 Å². The Labute approximate surface area is 144 Å². The minimum atomic E-state index is -1.58. The molecule has 1 nitrogen and oxygen atoms in total. The Kier molecular flexibility index (Phi) is 6.39. The standard InChI is InChI=1S/C20H29OSi2/c1-17-6-10-19(11-7-17)14-15-23(4,5)21-22(3)16-20-12-8-18(2)9-13-20/h6-13H,14-16H2,1-5H3. The van der Waals surface area contributed by atoms with Crippen molar-refractivity contribution < 1.29 is 4.12 Å². The van der Waals surface area contributed by atoms with Crippen LogP contribution in [0.25, 0.3) is 0 Å². The van der Waals surface area contributed by atoms with Gasteiger partial charge in [-0.15, -0.1) is 0 Å². The lowest BCUT2D eigenvalue weighted by Crippen LogP contribution is -2.38. The van der Waals surface area contributed by atoms with Crippen molar-refractivity contribution >= 4 is 17.4 Å². The molecule has 0 saturated heterocycles. The highest BCUT2D eigenvalue weighted by Gasteiger charge is 2.25. The molecule has 2 aromatic rings. The Hall–Kier alpha value is -1.17. The minimum absolute atomic E-state index is 0.760. The lowest BCUT2D eigenvalue weighted by atomic mass is 10.1. The van der Waals surface area contributed by atoms with Crippen LogP contribution in [-0.4, -0.2) is 17.4 Å². The highest BCUT2D eigenvalue weighted by Crippen LogP contribution is 2.18. The van der Waals surface area contributed by atoms with Crippen molar-refractivity contribution in [3.8, 4) is 0 Å². The Bertz CT molecular complexity index is 603. The lowest BCUT2D eigenvalue weighted by molar-refractivity contribution is 0.561. The Morgan fingerprint density at radius 2 is 1.30 bits per heavy atom. The first-order valence-corrected chi connectivity index (χ1v) is 13.7. The Morgan fingerprint density at radius 1 is 0.826 bits per heavy atom. The van der Waals surface area contributed by atoms with Gasteiger partial charge in [0.15, 0.2) is 17.4 Å². The summed E-state index contributed by atoms with van der Waals surface area (Å²) in [6, 6.07) is 20.1. The molecule has 0 aliphatic rings. The summed E-state index contributed by atoms with van der Waals surface area (Å²) in [4.78, 5) is 0. The SMILES string of the molecule is Cc1ccc(CC[Si](C)(C)O[Si](C)Cc2ccc(C)cc2)cc1. The molecule has 0 atom stereocenters. The molecule has 0 unspecified atom stereocenters. The van der Waals surface area contributed by atoms with Gasteiger partial charge in [0.2, 0.25) is 0 Å². The smallest absolute Gasteiger partial charge is 0.199 e. The molecule has 123 valence electrons. The zero-order valence-corrected chi connectivity index (χ0v) is 17.1. The third-order valence-corrected chi connectivity index (χ3v) is 10.1. The molecular weight excluding hydrogens is 312 g/mol. The molecule has 0 heterocycles. The van der Waals surface area contributed by atoms with Crippen molar-refractivity contribution in [1.82, 2.24) is 0 Å². The lowest BCUT2D eigenvalue weighted by Gasteiger charge is -2.27. The first kappa shape index (κ1) is 18.2. The summed E-state index contributed by atoms with van der Waals surface area (Å²) >= 11 is 0. The van der Waals surface area contributed by atoms with Gasteiger partial charge < -0.3 is 4.12 Å². The second-order valence-corrected chi connectivity index (χ2v) is 13.8. The number of benzene rings is 2. The Balaban J connectivity index is 1.84. The summed E-state index contributed by atoms with van der Waals surface area (Å²) in [5.74, 6) is 0. The fourth-order valence-electron chi connectivity index (χ4n) is 2.75. The van der Waals surface area contributed by atoms with Crippen molar-refractivity contribution in [2.45, 2.75) is 52.0 Å². The summed E-state index contributed by atoms with van der Waals surface area (Å²) in [7, 11) is -2.34. The molecule has 23 heavy (non-hydrogen) atoms. The van der Waals surface area contributed by atoms with Gasteiger partial charge in [0.05, 0.1) is 0 Å². The molecule has 0 saturated carbocycles. The molecule has 0 fully saturated rings. The van der Waals surface area contributed by atoms with Crippen LogP contribution in [0.5, 0.6) is 0 Å². The highest BCUT2D eigenvalue weighted by atomic mass is 28.4. The number of hydrogen-bond acceptors (Lipinski definition) is 1. The average molecular weight is 342 g/mol. The maximum Gasteiger partial charge on any atom is 0.199 e. The summed E-state index contributed by atoms with van der Waals surface area (Å²) in [6.07, 6.45) is 1.14. The average Bonchev–Trinajstić information content (AvgIpc) is 2.48. The number of hydrogen-bond donors (Lipinski definition) is 0. The molecule has 1 radical (unpaired) electrons. The van der Waals surface area contributed by atoms with Crippen LogP contribution < -0.4 is 0 Å². The van der Waals surface area contributed by atoms with Crippen molar-refractivity contribution in [2.75, 3.05) is 0 Å². The quantitative estimate of drug-likeness (QED) is 0.607. The molecule has 0 bridgehead atoms. The second-order valence-electron chi connectivity index (χ2n) is 7.21. The van der Waals surface area contributed by atoms with Crippen LogP contribution in [0.3, 0.4) is 0 Å². The van der Waals surface area contributed by atoms with Crippen LogP contribution in [0.15, 0.2) is 48.5 Å². The van der Waals surface area contributed by atoms with E-state index in [1.54, 1.807) is 0 Å². The maximum atomic E-state index is 6.56. The van der Waals surface area contributed by atoms with Crippen molar-refractivity contribution in [1.29, 1.82) is 0 Å². The molecule has 0 amide bonds. The highest BCUT2D eigenvalue weighted by molar-refractivity contribution is 6.77. The monoisotopic (exact) mass is 341 g/mol. The third-order valence-electron chi connectivity index (χ3n) is 4.16. The van der Waals surface area contributed by atoms with Gasteiger partial charge in [-0.2, -0.15) is 0 Å². The zero-order valence-electron chi connectivity index (χ0n) is 15.1.